The zero-order chi connectivity index (χ0) is 15.5. The molecule has 2 atom stereocenters. The summed E-state index contributed by atoms with van der Waals surface area (Å²) < 4.78 is 0. The molecule has 2 heterocycles. The van der Waals surface area contributed by atoms with E-state index in [0.29, 0.717) is 12.0 Å². The van der Waals surface area contributed by atoms with E-state index < -0.39 is 0 Å². The molecule has 1 aliphatic heterocycles. The van der Waals surface area contributed by atoms with Crippen LogP contribution in [0.25, 0.3) is 0 Å². The van der Waals surface area contributed by atoms with Gasteiger partial charge >= 0.3 is 6.03 Å². The molecule has 4 nitrogen and oxygen atoms in total. The summed E-state index contributed by atoms with van der Waals surface area (Å²) >= 11 is 0. The largest absolute Gasteiger partial charge is 0.331 e. The quantitative estimate of drug-likeness (QED) is 0.920. The van der Waals surface area contributed by atoms with Gasteiger partial charge in [0, 0.05) is 25.0 Å². The highest BCUT2D eigenvalue weighted by atomic mass is 16.2. The molecular weight excluding hydrogens is 274 g/mol. The van der Waals surface area contributed by atoms with E-state index in [1.165, 1.54) is 25.7 Å². The fourth-order valence-corrected chi connectivity index (χ4v) is 3.78. The summed E-state index contributed by atoms with van der Waals surface area (Å²) in [6.45, 7) is 5.21. The van der Waals surface area contributed by atoms with Crippen molar-refractivity contribution >= 4 is 6.03 Å². The van der Waals surface area contributed by atoms with Crippen molar-refractivity contribution < 1.29 is 4.79 Å². The fourth-order valence-electron chi connectivity index (χ4n) is 3.78. The van der Waals surface area contributed by atoms with Gasteiger partial charge in [-0.2, -0.15) is 0 Å². The standard InChI is InChI=1S/C18H27N3O/c1-13(2)17(15-8-10-19-11-9-15)20-18(22)21-12-4-7-16(21)14-5-3-6-14/h8-11,13-14,16-17H,3-7,12H2,1-2H3,(H,20,22)/t16-,17-/m1/s1. The molecule has 1 aliphatic carbocycles. The van der Waals surface area contributed by atoms with Gasteiger partial charge in [0.1, 0.15) is 0 Å². The van der Waals surface area contributed by atoms with Crippen molar-refractivity contribution in [2.45, 2.75) is 58.0 Å². The summed E-state index contributed by atoms with van der Waals surface area (Å²) in [4.78, 5) is 19.0. The summed E-state index contributed by atoms with van der Waals surface area (Å²) in [7, 11) is 0. The van der Waals surface area contributed by atoms with E-state index in [2.05, 4.69) is 29.0 Å². The van der Waals surface area contributed by atoms with Crippen molar-refractivity contribution in [2.75, 3.05) is 6.54 Å². The minimum Gasteiger partial charge on any atom is -0.331 e. The summed E-state index contributed by atoms with van der Waals surface area (Å²) in [6.07, 6.45) is 9.85. The molecule has 0 radical (unpaired) electrons. The van der Waals surface area contributed by atoms with Gasteiger partial charge in [-0.1, -0.05) is 20.3 Å². The van der Waals surface area contributed by atoms with Gasteiger partial charge in [0.05, 0.1) is 6.04 Å². The molecule has 1 saturated carbocycles. The van der Waals surface area contributed by atoms with Gasteiger partial charge in [-0.05, 0) is 55.2 Å². The highest BCUT2D eigenvalue weighted by Gasteiger charge is 2.37. The Labute approximate surface area is 133 Å². The number of nitrogens with one attached hydrogen (secondary N) is 1. The number of urea groups is 1. The number of aromatic nitrogens is 1. The van der Waals surface area contributed by atoms with E-state index in [1.807, 2.05) is 12.1 Å². The van der Waals surface area contributed by atoms with Crippen molar-refractivity contribution in [3.05, 3.63) is 30.1 Å². The molecule has 0 unspecified atom stereocenters. The molecule has 2 aliphatic rings. The first-order valence-electron chi connectivity index (χ1n) is 8.64. The summed E-state index contributed by atoms with van der Waals surface area (Å²) in [5, 5.41) is 3.27. The molecule has 1 N–H and O–H groups in total. The van der Waals surface area contributed by atoms with Crippen molar-refractivity contribution in [3.63, 3.8) is 0 Å². The molecule has 2 fully saturated rings. The number of hydrogen-bond donors (Lipinski definition) is 1. The molecule has 120 valence electrons. The summed E-state index contributed by atoms with van der Waals surface area (Å²) in [5.41, 5.74) is 1.14. The molecule has 0 spiro atoms. The van der Waals surface area contributed by atoms with Gasteiger partial charge in [-0.3, -0.25) is 4.98 Å². The van der Waals surface area contributed by atoms with Crippen LogP contribution in [0.3, 0.4) is 0 Å². The van der Waals surface area contributed by atoms with Crippen molar-refractivity contribution in [3.8, 4) is 0 Å². The number of carbonyl (C=O) groups is 1. The third-order valence-corrected chi connectivity index (χ3v) is 5.26. The zero-order valence-electron chi connectivity index (χ0n) is 13.7. The van der Waals surface area contributed by atoms with Gasteiger partial charge < -0.3 is 10.2 Å². The molecule has 3 rings (SSSR count). The SMILES string of the molecule is CC(C)[C@@H](NC(=O)N1CCC[C@@H]1C1CCC1)c1ccncc1. The van der Waals surface area contributed by atoms with Crippen LogP contribution >= 0.6 is 0 Å². The maximum absolute atomic E-state index is 12.8. The van der Waals surface area contributed by atoms with Crippen molar-refractivity contribution in [2.24, 2.45) is 11.8 Å². The maximum atomic E-state index is 12.8. The lowest BCUT2D eigenvalue weighted by Gasteiger charge is -2.38. The molecule has 0 aromatic carbocycles. The van der Waals surface area contributed by atoms with Gasteiger partial charge in [-0.15, -0.1) is 0 Å². The number of rotatable bonds is 4. The second-order valence-electron chi connectivity index (χ2n) is 7.05. The van der Waals surface area contributed by atoms with Gasteiger partial charge in [0.2, 0.25) is 0 Å². The fraction of sp³-hybridized carbons (Fsp3) is 0.667. The Hall–Kier alpha value is -1.58. The summed E-state index contributed by atoms with van der Waals surface area (Å²) in [6, 6.07) is 4.64. The van der Waals surface area contributed by atoms with Gasteiger partial charge in [0.25, 0.3) is 0 Å². The number of likely N-dealkylation sites (tertiary alicyclic amines) is 1. The van der Waals surface area contributed by atoms with Crippen LogP contribution in [0.4, 0.5) is 4.79 Å². The third-order valence-electron chi connectivity index (χ3n) is 5.26. The number of carbonyl (C=O) groups excluding carboxylic acids is 1. The number of nitrogens with zero attached hydrogens (tertiary/aromatic N) is 2. The summed E-state index contributed by atoms with van der Waals surface area (Å²) in [5.74, 6) is 1.10. The topological polar surface area (TPSA) is 45.2 Å². The van der Waals surface area contributed by atoms with Gasteiger partial charge in [-0.25, -0.2) is 4.79 Å². The highest BCUT2D eigenvalue weighted by Crippen LogP contribution is 2.37. The Kier molecular flexibility index (Phi) is 4.65. The molecule has 1 saturated heterocycles. The van der Waals surface area contributed by atoms with E-state index >= 15 is 0 Å². The zero-order valence-corrected chi connectivity index (χ0v) is 13.7. The second-order valence-corrected chi connectivity index (χ2v) is 7.05. The number of hydrogen-bond acceptors (Lipinski definition) is 2. The molecule has 22 heavy (non-hydrogen) atoms. The monoisotopic (exact) mass is 301 g/mol. The van der Waals surface area contributed by atoms with Crippen LogP contribution in [-0.2, 0) is 0 Å². The predicted molar refractivity (Wildman–Crippen MR) is 87.4 cm³/mol. The molecule has 4 heteroatoms. The lowest BCUT2D eigenvalue weighted by atomic mass is 9.79. The first-order valence-corrected chi connectivity index (χ1v) is 8.64. The van der Waals surface area contributed by atoms with E-state index in [4.69, 9.17) is 0 Å². The van der Waals surface area contributed by atoms with E-state index in [1.54, 1.807) is 12.4 Å². The smallest absolute Gasteiger partial charge is 0.318 e. The van der Waals surface area contributed by atoms with Crippen LogP contribution < -0.4 is 5.32 Å². The van der Waals surface area contributed by atoms with Crippen LogP contribution in [-0.4, -0.2) is 28.5 Å². The Balaban J connectivity index is 1.68. The molecule has 2 amide bonds. The molecule has 1 aromatic rings. The molecule has 1 aromatic heterocycles. The van der Waals surface area contributed by atoms with E-state index in [-0.39, 0.29) is 12.1 Å². The number of pyridine rings is 1. The Morgan fingerprint density at radius 3 is 2.55 bits per heavy atom. The lowest BCUT2D eigenvalue weighted by Crippen LogP contribution is -2.48. The first-order chi connectivity index (χ1) is 10.7. The molecule has 0 bridgehead atoms. The first kappa shape index (κ1) is 15.3. The molecular formula is C18H27N3O. The predicted octanol–water partition coefficient (Wildman–Crippen LogP) is 3.75. The highest BCUT2D eigenvalue weighted by molar-refractivity contribution is 5.75. The Bertz CT molecular complexity index is 498. The van der Waals surface area contributed by atoms with E-state index in [0.717, 1.165) is 24.4 Å². The average Bonchev–Trinajstić information content (AvgIpc) is 2.92. The van der Waals surface area contributed by atoms with Crippen LogP contribution in [0, 0.1) is 11.8 Å². The maximum Gasteiger partial charge on any atom is 0.318 e. The normalized spacial score (nSPS) is 23.4. The number of amides is 2. The van der Waals surface area contributed by atoms with Crippen LogP contribution in [0.5, 0.6) is 0 Å². The Morgan fingerprint density at radius 1 is 1.23 bits per heavy atom. The lowest BCUT2D eigenvalue weighted by molar-refractivity contribution is 0.135. The van der Waals surface area contributed by atoms with Crippen molar-refractivity contribution in [1.29, 1.82) is 0 Å². The van der Waals surface area contributed by atoms with Crippen LogP contribution in [0.1, 0.15) is 57.6 Å². The third kappa shape index (κ3) is 3.11. The van der Waals surface area contributed by atoms with Crippen molar-refractivity contribution in [1.82, 2.24) is 15.2 Å². The minimum atomic E-state index is 0.0538. The second kappa shape index (κ2) is 6.67. The van der Waals surface area contributed by atoms with Gasteiger partial charge in [0.15, 0.2) is 0 Å². The average molecular weight is 301 g/mol. The van der Waals surface area contributed by atoms with E-state index in [9.17, 15) is 4.79 Å². The minimum absolute atomic E-state index is 0.0538. The van der Waals surface area contributed by atoms with Crippen LogP contribution in [0.2, 0.25) is 0 Å². The van der Waals surface area contributed by atoms with Crippen LogP contribution in [0.15, 0.2) is 24.5 Å². The Morgan fingerprint density at radius 2 is 1.95 bits per heavy atom.